The molecule has 0 aromatic carbocycles. The fraction of sp³-hybridized carbons (Fsp3) is 0.700. The normalized spacial score (nSPS) is 19.3. The van der Waals surface area contributed by atoms with Crippen molar-refractivity contribution in [2.75, 3.05) is 11.5 Å². The molecular weight excluding hydrogens is 190 g/mol. The van der Waals surface area contributed by atoms with E-state index in [2.05, 4.69) is 21.9 Å². The van der Waals surface area contributed by atoms with E-state index in [9.17, 15) is 0 Å². The molecule has 2 rings (SSSR count). The van der Waals surface area contributed by atoms with Gasteiger partial charge in [-0.15, -0.1) is 0 Å². The summed E-state index contributed by atoms with van der Waals surface area (Å²) < 4.78 is 0. The average Bonchev–Trinajstić information content (AvgIpc) is 2.65. The van der Waals surface area contributed by atoms with Crippen LogP contribution in [0.2, 0.25) is 0 Å². The summed E-state index contributed by atoms with van der Waals surface area (Å²) in [7, 11) is 0. The highest BCUT2D eigenvalue weighted by atomic mass is 15.1. The van der Waals surface area contributed by atoms with Crippen LogP contribution in [0.15, 0.2) is 0 Å². The fourth-order valence-corrected chi connectivity index (χ4v) is 2.43. The largest absolute Gasteiger partial charge is 0.368 e. The van der Waals surface area contributed by atoms with E-state index < -0.39 is 0 Å². The number of nitrogens with two attached hydrogens (primary N) is 2. The summed E-state index contributed by atoms with van der Waals surface area (Å²) in [5.74, 6) is 1.25. The van der Waals surface area contributed by atoms with Crippen molar-refractivity contribution < 1.29 is 0 Å². The average molecular weight is 207 g/mol. The number of nitrogens with zero attached hydrogens (tertiary/aromatic N) is 3. The van der Waals surface area contributed by atoms with Crippen LogP contribution in [0.25, 0.3) is 0 Å². The SMILES string of the molecule is CCC1(c2nc(N)nc(N)n2)CCCC1. The molecule has 0 radical (unpaired) electrons. The summed E-state index contributed by atoms with van der Waals surface area (Å²) in [5.41, 5.74) is 11.3. The van der Waals surface area contributed by atoms with Crippen LogP contribution in [0.5, 0.6) is 0 Å². The Balaban J connectivity index is 2.42. The van der Waals surface area contributed by atoms with Gasteiger partial charge in [0.15, 0.2) is 0 Å². The molecule has 1 heterocycles. The lowest BCUT2D eigenvalue weighted by Crippen LogP contribution is -2.25. The number of aromatic nitrogens is 3. The van der Waals surface area contributed by atoms with Gasteiger partial charge in [-0.25, -0.2) is 0 Å². The van der Waals surface area contributed by atoms with Crippen molar-refractivity contribution in [3.05, 3.63) is 5.82 Å². The third-order valence-corrected chi connectivity index (χ3v) is 3.38. The van der Waals surface area contributed by atoms with Crippen molar-refractivity contribution in [3.63, 3.8) is 0 Å². The Labute approximate surface area is 89.3 Å². The topological polar surface area (TPSA) is 90.7 Å². The van der Waals surface area contributed by atoms with Gasteiger partial charge in [0.2, 0.25) is 11.9 Å². The zero-order chi connectivity index (χ0) is 10.9. The number of rotatable bonds is 2. The van der Waals surface area contributed by atoms with Crippen LogP contribution in [-0.4, -0.2) is 15.0 Å². The maximum Gasteiger partial charge on any atom is 0.225 e. The van der Waals surface area contributed by atoms with Crippen LogP contribution in [-0.2, 0) is 5.41 Å². The molecule has 0 spiro atoms. The van der Waals surface area contributed by atoms with Crippen molar-refractivity contribution in [1.29, 1.82) is 0 Å². The smallest absolute Gasteiger partial charge is 0.225 e. The van der Waals surface area contributed by atoms with E-state index in [0.29, 0.717) is 0 Å². The van der Waals surface area contributed by atoms with Crippen LogP contribution in [0.4, 0.5) is 11.9 Å². The van der Waals surface area contributed by atoms with E-state index in [0.717, 1.165) is 25.1 Å². The minimum atomic E-state index is 0.0885. The van der Waals surface area contributed by atoms with E-state index in [-0.39, 0.29) is 17.3 Å². The van der Waals surface area contributed by atoms with E-state index in [1.54, 1.807) is 0 Å². The standard InChI is InChI=1S/C10H17N5/c1-2-10(5-3-4-6-10)7-13-8(11)15-9(12)14-7/h2-6H2,1H3,(H4,11,12,13,14,15). The molecule has 15 heavy (non-hydrogen) atoms. The third-order valence-electron chi connectivity index (χ3n) is 3.38. The Hall–Kier alpha value is -1.39. The van der Waals surface area contributed by atoms with E-state index in [1.807, 2.05) is 0 Å². The molecule has 1 fully saturated rings. The Morgan fingerprint density at radius 2 is 1.60 bits per heavy atom. The first-order chi connectivity index (χ1) is 7.16. The van der Waals surface area contributed by atoms with Crippen LogP contribution < -0.4 is 11.5 Å². The van der Waals surface area contributed by atoms with Gasteiger partial charge in [0.1, 0.15) is 5.82 Å². The van der Waals surface area contributed by atoms with Crippen LogP contribution in [0.3, 0.4) is 0 Å². The van der Waals surface area contributed by atoms with Gasteiger partial charge < -0.3 is 11.5 Å². The summed E-state index contributed by atoms with van der Waals surface area (Å²) in [4.78, 5) is 12.3. The number of hydrogen-bond acceptors (Lipinski definition) is 5. The maximum absolute atomic E-state index is 5.60. The molecule has 82 valence electrons. The van der Waals surface area contributed by atoms with Gasteiger partial charge in [-0.1, -0.05) is 19.8 Å². The molecule has 0 atom stereocenters. The molecule has 0 amide bonds. The lowest BCUT2D eigenvalue weighted by molar-refractivity contribution is 0.398. The molecule has 1 aromatic rings. The quantitative estimate of drug-likeness (QED) is 0.761. The van der Waals surface area contributed by atoms with Crippen molar-refractivity contribution >= 4 is 11.9 Å². The Morgan fingerprint density at radius 1 is 1.07 bits per heavy atom. The second kappa shape index (κ2) is 3.64. The molecular formula is C10H17N5. The van der Waals surface area contributed by atoms with E-state index >= 15 is 0 Å². The van der Waals surface area contributed by atoms with Gasteiger partial charge >= 0.3 is 0 Å². The van der Waals surface area contributed by atoms with Crippen molar-refractivity contribution in [2.24, 2.45) is 0 Å². The summed E-state index contributed by atoms with van der Waals surface area (Å²) in [6.07, 6.45) is 5.77. The summed E-state index contributed by atoms with van der Waals surface area (Å²) in [6, 6.07) is 0. The molecule has 0 saturated heterocycles. The molecule has 5 nitrogen and oxygen atoms in total. The van der Waals surface area contributed by atoms with E-state index in [1.165, 1.54) is 12.8 Å². The van der Waals surface area contributed by atoms with Gasteiger partial charge in [0, 0.05) is 5.41 Å². The first kappa shape index (κ1) is 10.1. The predicted molar refractivity (Wildman–Crippen MR) is 59.1 cm³/mol. The Kier molecular flexibility index (Phi) is 2.46. The molecule has 1 saturated carbocycles. The second-order valence-corrected chi connectivity index (χ2v) is 4.22. The highest BCUT2D eigenvalue weighted by Gasteiger charge is 2.37. The minimum Gasteiger partial charge on any atom is -0.368 e. The van der Waals surface area contributed by atoms with Crippen molar-refractivity contribution in [2.45, 2.75) is 44.4 Å². The zero-order valence-corrected chi connectivity index (χ0v) is 9.03. The van der Waals surface area contributed by atoms with Crippen LogP contribution in [0.1, 0.15) is 44.9 Å². The minimum absolute atomic E-state index is 0.0885. The molecule has 1 aliphatic carbocycles. The monoisotopic (exact) mass is 207 g/mol. The van der Waals surface area contributed by atoms with Gasteiger partial charge in [-0.2, -0.15) is 15.0 Å². The lowest BCUT2D eigenvalue weighted by atomic mass is 9.82. The zero-order valence-electron chi connectivity index (χ0n) is 9.03. The van der Waals surface area contributed by atoms with Crippen molar-refractivity contribution in [1.82, 2.24) is 15.0 Å². The number of anilines is 2. The van der Waals surface area contributed by atoms with E-state index in [4.69, 9.17) is 11.5 Å². The molecule has 1 aromatic heterocycles. The van der Waals surface area contributed by atoms with Gasteiger partial charge in [0.05, 0.1) is 0 Å². The Bertz CT molecular complexity index is 337. The third kappa shape index (κ3) is 1.73. The molecule has 1 aliphatic rings. The molecule has 0 aliphatic heterocycles. The van der Waals surface area contributed by atoms with Crippen LogP contribution >= 0.6 is 0 Å². The number of nitrogen functional groups attached to an aromatic ring is 2. The van der Waals surface area contributed by atoms with Gasteiger partial charge in [0.25, 0.3) is 0 Å². The second-order valence-electron chi connectivity index (χ2n) is 4.22. The predicted octanol–water partition coefficient (Wildman–Crippen LogP) is 1.26. The van der Waals surface area contributed by atoms with Gasteiger partial charge in [-0.3, -0.25) is 0 Å². The summed E-state index contributed by atoms with van der Waals surface area (Å²) in [5, 5.41) is 0. The first-order valence-corrected chi connectivity index (χ1v) is 5.44. The summed E-state index contributed by atoms with van der Waals surface area (Å²) in [6.45, 7) is 2.17. The first-order valence-electron chi connectivity index (χ1n) is 5.44. The Morgan fingerprint density at radius 3 is 2.07 bits per heavy atom. The molecule has 5 heteroatoms. The summed E-state index contributed by atoms with van der Waals surface area (Å²) >= 11 is 0. The van der Waals surface area contributed by atoms with Crippen molar-refractivity contribution in [3.8, 4) is 0 Å². The molecule has 0 bridgehead atoms. The highest BCUT2D eigenvalue weighted by molar-refractivity contribution is 5.29. The fourth-order valence-electron chi connectivity index (χ4n) is 2.43. The lowest BCUT2D eigenvalue weighted by Gasteiger charge is -2.25. The molecule has 4 N–H and O–H groups in total. The van der Waals surface area contributed by atoms with Crippen LogP contribution in [0, 0.1) is 0 Å². The van der Waals surface area contributed by atoms with Gasteiger partial charge in [-0.05, 0) is 19.3 Å². The highest BCUT2D eigenvalue weighted by Crippen LogP contribution is 2.42. The molecule has 0 unspecified atom stereocenters. The maximum atomic E-state index is 5.60. The number of hydrogen-bond donors (Lipinski definition) is 2.